The number of carboxylic acids is 1. The number of hydrogen-bond acceptors (Lipinski definition) is 3. The summed E-state index contributed by atoms with van der Waals surface area (Å²) >= 11 is 0. The molecule has 112 valence electrons. The number of rotatable bonds is 6. The summed E-state index contributed by atoms with van der Waals surface area (Å²) in [6.45, 7) is 6.35. The van der Waals surface area contributed by atoms with Crippen LogP contribution in [-0.4, -0.2) is 48.4 Å². The molecule has 1 aliphatic heterocycles. The smallest absolute Gasteiger partial charge is 0.325 e. The Balaban J connectivity index is 2.84. The van der Waals surface area contributed by atoms with Gasteiger partial charge in [-0.15, -0.1) is 0 Å². The number of carboxylic acid groups (broad SMARTS) is 1. The summed E-state index contributed by atoms with van der Waals surface area (Å²) in [5, 5.41) is 9.40. The van der Waals surface area contributed by atoms with Gasteiger partial charge in [0, 0.05) is 24.9 Å². The molecule has 1 fully saturated rings. The Morgan fingerprint density at radius 1 is 1.45 bits per heavy atom. The molecule has 1 saturated heterocycles. The van der Waals surface area contributed by atoms with Crippen LogP contribution in [-0.2, 0) is 9.59 Å². The molecule has 1 heterocycles. The van der Waals surface area contributed by atoms with Gasteiger partial charge in [-0.1, -0.05) is 33.5 Å². The predicted octanol–water partition coefficient (Wildman–Crippen LogP) is 0.886. The van der Waals surface area contributed by atoms with Crippen molar-refractivity contribution in [2.24, 2.45) is 23.5 Å². The van der Waals surface area contributed by atoms with Crippen molar-refractivity contribution in [2.75, 3.05) is 13.1 Å². The third kappa shape index (κ3) is 3.34. The summed E-state index contributed by atoms with van der Waals surface area (Å²) in [4.78, 5) is 25.5. The first kappa shape index (κ1) is 17.0. The number of nitrogens with two attached hydrogens (primary N) is 1. The van der Waals surface area contributed by atoms with Crippen LogP contribution in [0.25, 0.3) is 0 Å². The van der Waals surface area contributed by atoms with Crippen LogP contribution >= 0.6 is 0 Å². The third-order valence-electron chi connectivity index (χ3n) is 4.48. The van der Waals surface area contributed by atoms with Crippen molar-refractivity contribution in [1.29, 1.82) is 0 Å². The zero-order valence-corrected chi connectivity index (χ0v) is 12.6. The molecule has 3 atom stereocenters. The van der Waals surface area contributed by atoms with Crippen molar-refractivity contribution in [3.05, 3.63) is 0 Å². The van der Waals surface area contributed by atoms with Crippen molar-refractivity contribution < 1.29 is 14.7 Å². The lowest BCUT2D eigenvalue weighted by Gasteiger charge is -2.25. The first-order valence-corrected chi connectivity index (χ1v) is 7.25. The van der Waals surface area contributed by atoms with Gasteiger partial charge >= 0.3 is 5.97 Å². The molecular formula is C14H25BN2O3. The van der Waals surface area contributed by atoms with E-state index in [4.69, 9.17) is 13.6 Å². The molecule has 1 rings (SSSR count). The van der Waals surface area contributed by atoms with Gasteiger partial charge in [-0.25, -0.2) is 0 Å². The first-order valence-electron chi connectivity index (χ1n) is 7.25. The number of hydrogen-bond donors (Lipinski definition) is 2. The lowest BCUT2D eigenvalue weighted by molar-refractivity contribution is -0.144. The molecular weight excluding hydrogens is 255 g/mol. The maximum Gasteiger partial charge on any atom is 0.325 e. The van der Waals surface area contributed by atoms with Crippen molar-refractivity contribution in [3.63, 3.8) is 0 Å². The van der Waals surface area contributed by atoms with Crippen LogP contribution in [0.15, 0.2) is 0 Å². The lowest BCUT2D eigenvalue weighted by atomic mass is 9.83. The number of likely N-dealkylation sites (tertiary alicyclic amines) is 1. The zero-order chi connectivity index (χ0) is 15.5. The second kappa shape index (κ2) is 6.61. The fraction of sp³-hybridized carbons (Fsp3) is 0.857. The van der Waals surface area contributed by atoms with Gasteiger partial charge in [-0.3, -0.25) is 9.59 Å². The molecule has 5 nitrogen and oxygen atoms in total. The van der Waals surface area contributed by atoms with Crippen LogP contribution < -0.4 is 5.73 Å². The molecule has 0 aliphatic carbocycles. The van der Waals surface area contributed by atoms with Crippen molar-refractivity contribution in [3.8, 4) is 0 Å². The molecule has 0 saturated carbocycles. The van der Waals surface area contributed by atoms with Crippen molar-refractivity contribution in [1.82, 2.24) is 4.90 Å². The van der Waals surface area contributed by atoms with E-state index in [2.05, 4.69) is 0 Å². The summed E-state index contributed by atoms with van der Waals surface area (Å²) in [7, 11) is 5.48. The lowest BCUT2D eigenvalue weighted by Crippen LogP contribution is -2.55. The van der Waals surface area contributed by atoms with Crippen LogP contribution in [0.2, 0.25) is 6.32 Å². The highest BCUT2D eigenvalue weighted by Crippen LogP contribution is 2.31. The maximum absolute atomic E-state index is 12.4. The Morgan fingerprint density at radius 2 is 2.05 bits per heavy atom. The highest BCUT2D eigenvalue weighted by atomic mass is 16.4. The quantitative estimate of drug-likeness (QED) is 0.708. The zero-order valence-electron chi connectivity index (χ0n) is 12.6. The molecule has 0 aromatic heterocycles. The van der Waals surface area contributed by atoms with E-state index in [0.29, 0.717) is 19.3 Å². The molecule has 0 unspecified atom stereocenters. The van der Waals surface area contributed by atoms with E-state index in [-0.39, 0.29) is 30.2 Å². The largest absolute Gasteiger partial charge is 0.480 e. The van der Waals surface area contributed by atoms with Crippen LogP contribution in [0.3, 0.4) is 0 Å². The standard InChI is InChI=1S/C14H25BN2O3/c1-9(2)10(3)12(18)17-7-11(5-4-6-15)14(16,8-17)13(19)20/h9-11H,4-8,16H2,1-3H3,(H,19,20)/t10-,11-,14-/m0/s1. The Morgan fingerprint density at radius 3 is 2.50 bits per heavy atom. The van der Waals surface area contributed by atoms with E-state index in [1.165, 1.54) is 0 Å². The van der Waals surface area contributed by atoms with Gasteiger partial charge in [-0.2, -0.15) is 0 Å². The van der Waals surface area contributed by atoms with E-state index in [0.717, 1.165) is 6.42 Å². The Labute approximate surface area is 122 Å². The van der Waals surface area contributed by atoms with E-state index < -0.39 is 11.5 Å². The van der Waals surface area contributed by atoms with Crippen molar-refractivity contribution >= 4 is 19.7 Å². The van der Waals surface area contributed by atoms with Gasteiger partial charge in [0.1, 0.15) is 5.54 Å². The van der Waals surface area contributed by atoms with Crippen molar-refractivity contribution in [2.45, 2.75) is 45.5 Å². The van der Waals surface area contributed by atoms with E-state index in [1.807, 2.05) is 20.8 Å². The molecule has 6 heteroatoms. The van der Waals surface area contributed by atoms with Gasteiger partial charge in [0.15, 0.2) is 0 Å². The molecule has 0 aromatic rings. The summed E-state index contributed by atoms with van der Waals surface area (Å²) < 4.78 is 0. The van der Waals surface area contributed by atoms with Crippen LogP contribution in [0, 0.1) is 17.8 Å². The molecule has 0 bridgehead atoms. The van der Waals surface area contributed by atoms with Crippen LogP contribution in [0.1, 0.15) is 33.6 Å². The number of carbonyl (C=O) groups excluding carboxylic acids is 1. The van der Waals surface area contributed by atoms with Gasteiger partial charge < -0.3 is 15.7 Å². The second-order valence-electron chi connectivity index (χ2n) is 6.22. The van der Waals surface area contributed by atoms with Gasteiger partial charge in [0.25, 0.3) is 0 Å². The highest BCUT2D eigenvalue weighted by Gasteiger charge is 2.50. The van der Waals surface area contributed by atoms with E-state index >= 15 is 0 Å². The molecule has 0 spiro atoms. The minimum atomic E-state index is -1.35. The average molecular weight is 280 g/mol. The maximum atomic E-state index is 12.4. The van der Waals surface area contributed by atoms with Crippen LogP contribution in [0.4, 0.5) is 0 Å². The fourth-order valence-electron chi connectivity index (χ4n) is 2.63. The molecule has 1 aliphatic rings. The molecule has 20 heavy (non-hydrogen) atoms. The predicted molar refractivity (Wildman–Crippen MR) is 78.4 cm³/mol. The second-order valence-corrected chi connectivity index (χ2v) is 6.22. The van der Waals surface area contributed by atoms with Gasteiger partial charge in [0.05, 0.1) is 7.85 Å². The Bertz CT molecular complexity index is 375. The summed E-state index contributed by atoms with van der Waals surface area (Å²) in [6, 6.07) is 0. The third-order valence-corrected chi connectivity index (χ3v) is 4.48. The number of amides is 1. The number of nitrogens with zero attached hydrogens (tertiary/aromatic N) is 1. The Kier molecular flexibility index (Phi) is 5.63. The number of carbonyl (C=O) groups is 2. The monoisotopic (exact) mass is 280 g/mol. The summed E-state index contributed by atoms with van der Waals surface area (Å²) in [5.74, 6) is -1.17. The van der Waals surface area contributed by atoms with Gasteiger partial charge in [-0.05, 0) is 12.3 Å². The summed E-state index contributed by atoms with van der Waals surface area (Å²) in [6.07, 6.45) is 1.86. The average Bonchev–Trinajstić information content (AvgIpc) is 2.73. The minimum Gasteiger partial charge on any atom is -0.480 e. The van der Waals surface area contributed by atoms with Crippen LogP contribution in [0.5, 0.6) is 0 Å². The van der Waals surface area contributed by atoms with E-state index in [1.54, 1.807) is 4.90 Å². The van der Waals surface area contributed by atoms with Gasteiger partial charge in [0.2, 0.25) is 5.91 Å². The minimum absolute atomic E-state index is 0.00803. The number of aliphatic carboxylic acids is 1. The molecule has 0 aromatic carbocycles. The summed E-state index contributed by atoms with van der Waals surface area (Å²) in [5.41, 5.74) is 4.71. The topological polar surface area (TPSA) is 83.6 Å². The SMILES string of the molecule is [B]CCC[C@H]1CN(C(=O)[C@@H](C)C(C)C)C[C@@]1(N)C(=O)O. The normalized spacial score (nSPS) is 27.9. The Hall–Kier alpha value is -1.04. The molecule has 3 N–H and O–H groups in total. The van der Waals surface area contributed by atoms with E-state index in [9.17, 15) is 14.7 Å². The first-order chi connectivity index (χ1) is 9.24. The molecule has 1 amide bonds. The molecule has 2 radical (unpaired) electrons. The fourth-order valence-corrected chi connectivity index (χ4v) is 2.63. The highest BCUT2D eigenvalue weighted by molar-refractivity contribution is 6.08.